The van der Waals surface area contributed by atoms with Crippen molar-refractivity contribution < 1.29 is 9.84 Å². The molecule has 100 valence electrons. The van der Waals surface area contributed by atoms with Gasteiger partial charge < -0.3 is 15.2 Å². The quantitative estimate of drug-likeness (QED) is 0.855. The Balaban J connectivity index is 2.04. The summed E-state index contributed by atoms with van der Waals surface area (Å²) in [5.41, 5.74) is 1.17. The van der Waals surface area contributed by atoms with E-state index in [0.717, 1.165) is 19.6 Å². The number of piperazine rings is 1. The van der Waals surface area contributed by atoms with Gasteiger partial charge >= 0.3 is 0 Å². The van der Waals surface area contributed by atoms with Crippen LogP contribution in [0.15, 0.2) is 18.2 Å². The second-order valence-electron chi connectivity index (χ2n) is 5.17. The Morgan fingerprint density at radius 1 is 1.33 bits per heavy atom. The van der Waals surface area contributed by atoms with E-state index in [0.29, 0.717) is 17.8 Å². The van der Waals surface area contributed by atoms with Crippen molar-refractivity contribution in [2.45, 2.75) is 32.5 Å². The number of rotatable bonds is 3. The zero-order chi connectivity index (χ0) is 13.1. The van der Waals surface area contributed by atoms with Crippen LogP contribution in [0, 0.1) is 0 Å². The number of benzene rings is 1. The standard InChI is InChI=1S/C14H22N2O2/c1-10-7-16(8-11(2)15-10)9-12-4-5-13(17)14(6-12)18-3/h4-6,10-11,15,17H,7-9H2,1-3H3. The van der Waals surface area contributed by atoms with Crippen molar-refractivity contribution >= 4 is 0 Å². The van der Waals surface area contributed by atoms with Gasteiger partial charge in [-0.25, -0.2) is 0 Å². The van der Waals surface area contributed by atoms with E-state index >= 15 is 0 Å². The van der Waals surface area contributed by atoms with Crippen LogP contribution in [-0.4, -0.2) is 42.3 Å². The molecule has 0 saturated carbocycles. The molecular weight excluding hydrogens is 228 g/mol. The van der Waals surface area contributed by atoms with Gasteiger partial charge in [0.25, 0.3) is 0 Å². The molecule has 1 aromatic carbocycles. The first-order valence-electron chi connectivity index (χ1n) is 6.42. The second-order valence-corrected chi connectivity index (χ2v) is 5.17. The summed E-state index contributed by atoms with van der Waals surface area (Å²) in [7, 11) is 1.58. The molecule has 1 aliphatic rings. The predicted octanol–water partition coefficient (Wildman–Crippen LogP) is 1.58. The highest BCUT2D eigenvalue weighted by Crippen LogP contribution is 2.27. The summed E-state index contributed by atoms with van der Waals surface area (Å²) in [5.74, 6) is 0.743. The van der Waals surface area contributed by atoms with Crippen LogP contribution in [0.4, 0.5) is 0 Å². The Morgan fingerprint density at radius 2 is 2.00 bits per heavy atom. The summed E-state index contributed by atoms with van der Waals surface area (Å²) in [5, 5.41) is 13.1. The number of phenols is 1. The maximum absolute atomic E-state index is 9.58. The lowest BCUT2D eigenvalue weighted by molar-refractivity contribution is 0.166. The molecule has 4 heteroatoms. The molecule has 2 rings (SSSR count). The van der Waals surface area contributed by atoms with Crippen LogP contribution in [0.2, 0.25) is 0 Å². The van der Waals surface area contributed by atoms with Gasteiger partial charge in [0.05, 0.1) is 7.11 Å². The van der Waals surface area contributed by atoms with E-state index in [1.54, 1.807) is 13.2 Å². The normalized spacial score (nSPS) is 25.1. The number of phenolic OH excluding ortho intramolecular Hbond substituents is 1. The lowest BCUT2D eigenvalue weighted by Crippen LogP contribution is -2.53. The fraction of sp³-hybridized carbons (Fsp3) is 0.571. The molecule has 2 unspecified atom stereocenters. The number of hydrogen-bond donors (Lipinski definition) is 2. The van der Waals surface area contributed by atoms with Crippen LogP contribution in [0.5, 0.6) is 11.5 Å². The first kappa shape index (κ1) is 13.2. The van der Waals surface area contributed by atoms with Gasteiger partial charge in [0, 0.05) is 31.7 Å². The number of nitrogens with zero attached hydrogens (tertiary/aromatic N) is 1. The zero-order valence-corrected chi connectivity index (χ0v) is 11.3. The Morgan fingerprint density at radius 3 is 2.61 bits per heavy atom. The van der Waals surface area contributed by atoms with Gasteiger partial charge in [0.15, 0.2) is 11.5 Å². The Bertz CT molecular complexity index is 399. The van der Waals surface area contributed by atoms with Crippen LogP contribution in [-0.2, 0) is 6.54 Å². The molecule has 0 amide bonds. The van der Waals surface area contributed by atoms with Crippen LogP contribution in [0.1, 0.15) is 19.4 Å². The summed E-state index contributed by atoms with van der Waals surface area (Å²) in [6.07, 6.45) is 0. The molecule has 4 nitrogen and oxygen atoms in total. The molecule has 1 saturated heterocycles. The molecule has 18 heavy (non-hydrogen) atoms. The van der Waals surface area contributed by atoms with Gasteiger partial charge in [-0.2, -0.15) is 0 Å². The maximum Gasteiger partial charge on any atom is 0.160 e. The number of hydrogen-bond acceptors (Lipinski definition) is 4. The van der Waals surface area contributed by atoms with Crippen LogP contribution in [0.3, 0.4) is 0 Å². The van der Waals surface area contributed by atoms with E-state index in [4.69, 9.17) is 4.74 Å². The van der Waals surface area contributed by atoms with Gasteiger partial charge in [0.2, 0.25) is 0 Å². The molecule has 2 atom stereocenters. The van der Waals surface area contributed by atoms with E-state index in [-0.39, 0.29) is 5.75 Å². The molecule has 1 aromatic rings. The number of nitrogens with one attached hydrogen (secondary N) is 1. The minimum atomic E-state index is 0.197. The van der Waals surface area contributed by atoms with Crippen molar-refractivity contribution in [3.63, 3.8) is 0 Å². The lowest BCUT2D eigenvalue weighted by atomic mass is 10.1. The minimum Gasteiger partial charge on any atom is -0.504 e. The van der Waals surface area contributed by atoms with Crippen molar-refractivity contribution in [2.24, 2.45) is 0 Å². The summed E-state index contributed by atoms with van der Waals surface area (Å²) in [6, 6.07) is 6.60. The fourth-order valence-corrected chi connectivity index (χ4v) is 2.65. The fourth-order valence-electron chi connectivity index (χ4n) is 2.65. The largest absolute Gasteiger partial charge is 0.504 e. The second kappa shape index (κ2) is 5.59. The molecule has 0 aliphatic carbocycles. The van der Waals surface area contributed by atoms with Crippen LogP contribution < -0.4 is 10.1 Å². The summed E-state index contributed by atoms with van der Waals surface area (Å²) in [6.45, 7) is 7.41. The molecular formula is C14H22N2O2. The molecule has 0 bridgehead atoms. The van der Waals surface area contributed by atoms with E-state index in [2.05, 4.69) is 24.1 Å². The van der Waals surface area contributed by atoms with Crippen molar-refractivity contribution in [2.75, 3.05) is 20.2 Å². The third-order valence-corrected chi connectivity index (χ3v) is 3.28. The van der Waals surface area contributed by atoms with Gasteiger partial charge in [-0.15, -0.1) is 0 Å². The molecule has 0 radical (unpaired) electrons. The molecule has 1 heterocycles. The summed E-state index contributed by atoms with van der Waals surface area (Å²) < 4.78 is 5.14. The number of methoxy groups -OCH3 is 1. The third kappa shape index (κ3) is 3.15. The highest BCUT2D eigenvalue weighted by atomic mass is 16.5. The van der Waals surface area contributed by atoms with Gasteiger partial charge in [-0.05, 0) is 31.5 Å². The molecule has 2 N–H and O–H groups in total. The van der Waals surface area contributed by atoms with Gasteiger partial charge in [-0.1, -0.05) is 6.07 Å². The summed E-state index contributed by atoms with van der Waals surface area (Å²) in [4.78, 5) is 2.43. The lowest BCUT2D eigenvalue weighted by Gasteiger charge is -2.36. The SMILES string of the molecule is COc1cc(CN2CC(C)NC(C)C2)ccc1O. The molecule has 1 aliphatic heterocycles. The van der Waals surface area contributed by atoms with Gasteiger partial charge in [0.1, 0.15) is 0 Å². The van der Waals surface area contributed by atoms with Crippen LogP contribution in [0.25, 0.3) is 0 Å². The average Bonchev–Trinajstić information content (AvgIpc) is 2.30. The topological polar surface area (TPSA) is 44.7 Å². The first-order chi connectivity index (χ1) is 8.58. The highest BCUT2D eigenvalue weighted by Gasteiger charge is 2.20. The molecule has 1 fully saturated rings. The Labute approximate surface area is 109 Å². The smallest absolute Gasteiger partial charge is 0.160 e. The average molecular weight is 250 g/mol. The third-order valence-electron chi connectivity index (χ3n) is 3.28. The minimum absolute atomic E-state index is 0.197. The van der Waals surface area contributed by atoms with E-state index in [1.807, 2.05) is 12.1 Å². The van der Waals surface area contributed by atoms with E-state index in [1.165, 1.54) is 5.56 Å². The zero-order valence-electron chi connectivity index (χ0n) is 11.3. The maximum atomic E-state index is 9.58. The predicted molar refractivity (Wildman–Crippen MR) is 72.0 cm³/mol. The van der Waals surface area contributed by atoms with Crippen molar-refractivity contribution in [1.29, 1.82) is 0 Å². The van der Waals surface area contributed by atoms with E-state index < -0.39 is 0 Å². The van der Waals surface area contributed by atoms with Crippen LogP contribution >= 0.6 is 0 Å². The Kier molecular flexibility index (Phi) is 4.09. The Hall–Kier alpha value is -1.26. The highest BCUT2D eigenvalue weighted by molar-refractivity contribution is 5.41. The van der Waals surface area contributed by atoms with Gasteiger partial charge in [-0.3, -0.25) is 4.90 Å². The van der Waals surface area contributed by atoms with E-state index in [9.17, 15) is 5.11 Å². The van der Waals surface area contributed by atoms with Crippen molar-refractivity contribution in [1.82, 2.24) is 10.2 Å². The molecule has 0 spiro atoms. The summed E-state index contributed by atoms with van der Waals surface area (Å²) >= 11 is 0. The first-order valence-corrected chi connectivity index (χ1v) is 6.42. The van der Waals surface area contributed by atoms with Crippen molar-refractivity contribution in [3.8, 4) is 11.5 Å². The number of aromatic hydroxyl groups is 1. The molecule has 0 aromatic heterocycles. The van der Waals surface area contributed by atoms with Crippen molar-refractivity contribution in [3.05, 3.63) is 23.8 Å². The monoisotopic (exact) mass is 250 g/mol. The number of ether oxygens (including phenoxy) is 1.